The molecule has 1 aromatic heterocycles. The highest BCUT2D eigenvalue weighted by atomic mass is 35.5. The van der Waals surface area contributed by atoms with Gasteiger partial charge in [-0.25, -0.2) is 9.18 Å². The number of halogens is 2. The third kappa shape index (κ3) is 3.08. The van der Waals surface area contributed by atoms with Crippen molar-refractivity contribution in [2.24, 2.45) is 0 Å². The van der Waals surface area contributed by atoms with Gasteiger partial charge in [-0.2, -0.15) is 0 Å². The largest absolute Gasteiger partial charge is 0.478 e. The van der Waals surface area contributed by atoms with E-state index in [9.17, 15) is 19.1 Å². The van der Waals surface area contributed by atoms with Gasteiger partial charge in [0, 0.05) is 29.2 Å². The number of carboxylic acids is 1. The van der Waals surface area contributed by atoms with Gasteiger partial charge in [-0.1, -0.05) is 23.7 Å². The molecule has 0 saturated carbocycles. The van der Waals surface area contributed by atoms with Crippen LogP contribution in [0, 0.1) is 5.82 Å². The Kier molecular flexibility index (Phi) is 4.20. The summed E-state index contributed by atoms with van der Waals surface area (Å²) in [5.74, 6) is -2.20. The lowest BCUT2D eigenvalue weighted by Crippen LogP contribution is -2.25. The molecule has 2 N–H and O–H groups in total. The molecule has 136 valence electrons. The second kappa shape index (κ2) is 6.55. The van der Waals surface area contributed by atoms with Crippen molar-refractivity contribution in [2.75, 3.05) is 5.32 Å². The van der Waals surface area contributed by atoms with E-state index >= 15 is 0 Å². The van der Waals surface area contributed by atoms with E-state index in [1.807, 2.05) is 6.07 Å². The van der Waals surface area contributed by atoms with Gasteiger partial charge in [0.2, 0.25) is 5.91 Å². The molecule has 0 radical (unpaired) electrons. The standard InChI is InChI=1S/C20H14ClFN2O3/c21-12-3-1-2-11(8-12)15-9-17(25)23-18-16(20(26)27)10-24(19(15)18)14-6-4-13(22)5-7-14/h1-8,10,15H,9H2,(H,23,25)(H,26,27). The predicted molar refractivity (Wildman–Crippen MR) is 99.2 cm³/mol. The molecule has 2 heterocycles. The number of nitrogens with zero attached hydrogens (tertiary/aromatic N) is 1. The van der Waals surface area contributed by atoms with Gasteiger partial charge in [-0.3, -0.25) is 4.79 Å². The maximum absolute atomic E-state index is 13.3. The van der Waals surface area contributed by atoms with Gasteiger partial charge >= 0.3 is 5.97 Å². The summed E-state index contributed by atoms with van der Waals surface area (Å²) in [5, 5.41) is 12.8. The number of aromatic carboxylic acids is 1. The summed E-state index contributed by atoms with van der Waals surface area (Å²) in [5.41, 5.74) is 2.27. The van der Waals surface area contributed by atoms with Gasteiger partial charge in [0.1, 0.15) is 11.4 Å². The van der Waals surface area contributed by atoms with Crippen LogP contribution in [-0.4, -0.2) is 21.6 Å². The number of carbonyl (C=O) groups is 2. The Morgan fingerprint density at radius 1 is 1.22 bits per heavy atom. The predicted octanol–water partition coefficient (Wildman–Crippen LogP) is 4.44. The van der Waals surface area contributed by atoms with Crippen LogP contribution in [0.25, 0.3) is 5.69 Å². The van der Waals surface area contributed by atoms with Gasteiger partial charge < -0.3 is 15.0 Å². The van der Waals surface area contributed by atoms with Crippen LogP contribution < -0.4 is 5.32 Å². The number of carboxylic acid groups (broad SMARTS) is 1. The monoisotopic (exact) mass is 384 g/mol. The molecule has 0 saturated heterocycles. The first kappa shape index (κ1) is 17.3. The van der Waals surface area contributed by atoms with Crippen molar-refractivity contribution in [1.29, 1.82) is 0 Å². The minimum Gasteiger partial charge on any atom is -0.478 e. The minimum absolute atomic E-state index is 0.0191. The number of benzene rings is 2. The highest BCUT2D eigenvalue weighted by Gasteiger charge is 2.34. The van der Waals surface area contributed by atoms with Crippen molar-refractivity contribution >= 4 is 29.2 Å². The number of rotatable bonds is 3. The van der Waals surface area contributed by atoms with Crippen LogP contribution in [-0.2, 0) is 4.79 Å². The summed E-state index contributed by atoms with van der Waals surface area (Å²) in [6.07, 6.45) is 1.60. The Hall–Kier alpha value is -3.12. The van der Waals surface area contributed by atoms with Gasteiger partial charge in [-0.05, 0) is 42.0 Å². The van der Waals surface area contributed by atoms with Gasteiger partial charge in [0.05, 0.1) is 11.4 Å². The second-order valence-corrected chi connectivity index (χ2v) is 6.75. The first-order valence-electron chi connectivity index (χ1n) is 8.24. The molecule has 27 heavy (non-hydrogen) atoms. The zero-order valence-electron chi connectivity index (χ0n) is 13.9. The maximum atomic E-state index is 13.3. The van der Waals surface area contributed by atoms with E-state index < -0.39 is 11.8 Å². The van der Waals surface area contributed by atoms with E-state index in [1.54, 1.807) is 34.9 Å². The average molecular weight is 385 g/mol. The summed E-state index contributed by atoms with van der Waals surface area (Å²) in [6.45, 7) is 0. The third-order valence-electron chi connectivity index (χ3n) is 4.61. The summed E-state index contributed by atoms with van der Waals surface area (Å²) in [4.78, 5) is 24.0. The Bertz CT molecular complexity index is 1060. The first-order chi connectivity index (χ1) is 12.9. The number of amides is 1. The van der Waals surface area contributed by atoms with Crippen molar-refractivity contribution in [2.45, 2.75) is 12.3 Å². The van der Waals surface area contributed by atoms with Gasteiger partial charge in [0.15, 0.2) is 0 Å². The van der Waals surface area contributed by atoms with Crippen LogP contribution in [0.1, 0.15) is 34.0 Å². The molecule has 1 aliphatic rings. The van der Waals surface area contributed by atoms with Crippen LogP contribution >= 0.6 is 11.6 Å². The fourth-order valence-electron chi connectivity index (χ4n) is 3.44. The lowest BCUT2D eigenvalue weighted by atomic mass is 9.88. The van der Waals surface area contributed by atoms with Crippen LogP contribution in [0.5, 0.6) is 0 Å². The van der Waals surface area contributed by atoms with E-state index in [4.69, 9.17) is 11.6 Å². The summed E-state index contributed by atoms with van der Waals surface area (Å²) < 4.78 is 15.0. The number of nitrogens with one attached hydrogen (secondary N) is 1. The van der Waals surface area contributed by atoms with E-state index in [0.717, 1.165) is 5.56 Å². The summed E-state index contributed by atoms with van der Waals surface area (Å²) >= 11 is 6.11. The molecule has 0 bridgehead atoms. The molecule has 4 rings (SSSR count). The quantitative estimate of drug-likeness (QED) is 0.701. The van der Waals surface area contributed by atoms with Crippen molar-refractivity contribution in [3.05, 3.63) is 82.4 Å². The highest BCUT2D eigenvalue weighted by Crippen LogP contribution is 2.42. The first-order valence-corrected chi connectivity index (χ1v) is 8.61. The SMILES string of the molecule is O=C1CC(c2cccc(Cl)c2)c2c(c(C(=O)O)cn2-c2ccc(F)cc2)N1. The smallest absolute Gasteiger partial charge is 0.339 e. The number of hydrogen-bond acceptors (Lipinski definition) is 2. The molecule has 0 aliphatic carbocycles. The molecule has 0 spiro atoms. The maximum Gasteiger partial charge on any atom is 0.339 e. The van der Waals surface area contributed by atoms with E-state index in [0.29, 0.717) is 16.4 Å². The third-order valence-corrected chi connectivity index (χ3v) is 4.85. The van der Waals surface area contributed by atoms with Crippen LogP contribution in [0.2, 0.25) is 5.02 Å². The lowest BCUT2D eigenvalue weighted by molar-refractivity contribution is -0.116. The summed E-state index contributed by atoms with van der Waals surface area (Å²) in [6, 6.07) is 12.9. The Morgan fingerprint density at radius 2 is 1.96 bits per heavy atom. The zero-order valence-corrected chi connectivity index (χ0v) is 14.7. The molecule has 2 aromatic carbocycles. The number of aromatic nitrogens is 1. The van der Waals surface area contributed by atoms with Crippen LogP contribution in [0.3, 0.4) is 0 Å². The minimum atomic E-state index is -1.15. The van der Waals surface area contributed by atoms with Crippen molar-refractivity contribution in [3.63, 3.8) is 0 Å². The lowest BCUT2D eigenvalue weighted by Gasteiger charge is -2.26. The van der Waals surface area contributed by atoms with E-state index in [2.05, 4.69) is 5.32 Å². The number of anilines is 1. The molecule has 1 unspecified atom stereocenters. The highest BCUT2D eigenvalue weighted by molar-refractivity contribution is 6.30. The van der Waals surface area contributed by atoms with E-state index in [-0.39, 0.29) is 29.5 Å². The topological polar surface area (TPSA) is 71.3 Å². The number of fused-ring (bicyclic) bond motifs is 1. The van der Waals surface area contributed by atoms with Crippen LogP contribution in [0.4, 0.5) is 10.1 Å². The Balaban J connectivity index is 1.97. The zero-order chi connectivity index (χ0) is 19.1. The molecule has 7 heteroatoms. The molecule has 5 nitrogen and oxygen atoms in total. The molecule has 3 aromatic rings. The molecule has 0 fully saturated rings. The normalized spacial score (nSPS) is 15.9. The van der Waals surface area contributed by atoms with Crippen molar-refractivity contribution < 1.29 is 19.1 Å². The molecule has 1 amide bonds. The van der Waals surface area contributed by atoms with Crippen molar-refractivity contribution in [1.82, 2.24) is 4.57 Å². The second-order valence-electron chi connectivity index (χ2n) is 6.31. The molecule has 1 aliphatic heterocycles. The molecular weight excluding hydrogens is 371 g/mol. The fourth-order valence-corrected chi connectivity index (χ4v) is 3.64. The van der Waals surface area contributed by atoms with Gasteiger partial charge in [-0.15, -0.1) is 0 Å². The number of carbonyl (C=O) groups excluding carboxylic acids is 1. The summed E-state index contributed by atoms with van der Waals surface area (Å²) in [7, 11) is 0. The fraction of sp³-hybridized carbons (Fsp3) is 0.100. The Morgan fingerprint density at radius 3 is 2.63 bits per heavy atom. The van der Waals surface area contributed by atoms with Crippen molar-refractivity contribution in [3.8, 4) is 5.69 Å². The van der Waals surface area contributed by atoms with Gasteiger partial charge in [0.25, 0.3) is 0 Å². The van der Waals surface area contributed by atoms with E-state index in [1.165, 1.54) is 18.3 Å². The molecular formula is C20H14ClFN2O3. The molecule has 1 atom stereocenters. The van der Waals surface area contributed by atoms with Crippen LogP contribution in [0.15, 0.2) is 54.7 Å². The average Bonchev–Trinajstić information content (AvgIpc) is 3.01. The number of hydrogen-bond donors (Lipinski definition) is 2. The Labute approximate surface area is 159 Å².